The third-order valence-electron chi connectivity index (χ3n) is 3.10. The summed E-state index contributed by atoms with van der Waals surface area (Å²) in [7, 11) is 0. The molecule has 0 spiro atoms. The van der Waals surface area contributed by atoms with E-state index >= 15 is 0 Å². The summed E-state index contributed by atoms with van der Waals surface area (Å²) in [6.45, 7) is 6.88. The number of rotatable bonds is 6. The largest absolute Gasteiger partial charge is 0.395 e. The molecule has 0 aliphatic rings. The molecule has 0 aliphatic heterocycles. The number of aliphatic hydroxyl groups excluding tert-OH is 1. The second kappa shape index (κ2) is 7.10. The SMILES string of the molecule is CC(N)C(c1ccccc1Cl)N(CCO)C(C)C. The molecule has 0 radical (unpaired) electrons. The summed E-state index contributed by atoms with van der Waals surface area (Å²) in [5.41, 5.74) is 7.15. The maximum atomic E-state index is 9.22. The molecule has 102 valence electrons. The molecule has 2 atom stereocenters. The maximum Gasteiger partial charge on any atom is 0.0558 e. The van der Waals surface area contributed by atoms with E-state index in [4.69, 9.17) is 17.3 Å². The fourth-order valence-corrected chi connectivity index (χ4v) is 2.56. The fraction of sp³-hybridized carbons (Fsp3) is 0.571. The molecule has 3 nitrogen and oxygen atoms in total. The van der Waals surface area contributed by atoms with Gasteiger partial charge in [-0.15, -0.1) is 0 Å². The molecule has 2 unspecified atom stereocenters. The van der Waals surface area contributed by atoms with Gasteiger partial charge in [0.2, 0.25) is 0 Å². The molecule has 1 aromatic carbocycles. The highest BCUT2D eigenvalue weighted by Crippen LogP contribution is 2.30. The molecule has 0 saturated heterocycles. The summed E-state index contributed by atoms with van der Waals surface area (Å²) in [5, 5.41) is 9.94. The molecule has 0 fully saturated rings. The Hall–Kier alpha value is -0.610. The van der Waals surface area contributed by atoms with Crippen molar-refractivity contribution in [3.05, 3.63) is 34.9 Å². The molecular weight excluding hydrogens is 248 g/mol. The molecular formula is C14H23ClN2O. The summed E-state index contributed by atoms with van der Waals surface area (Å²) in [5.74, 6) is 0. The van der Waals surface area contributed by atoms with Gasteiger partial charge in [-0.05, 0) is 32.4 Å². The van der Waals surface area contributed by atoms with Crippen molar-refractivity contribution in [2.24, 2.45) is 5.73 Å². The molecule has 3 N–H and O–H groups in total. The van der Waals surface area contributed by atoms with Crippen molar-refractivity contribution >= 4 is 11.6 Å². The van der Waals surface area contributed by atoms with Gasteiger partial charge in [-0.25, -0.2) is 0 Å². The third-order valence-corrected chi connectivity index (χ3v) is 3.44. The quantitative estimate of drug-likeness (QED) is 0.835. The molecule has 0 saturated carbocycles. The molecule has 0 bridgehead atoms. The third kappa shape index (κ3) is 3.69. The van der Waals surface area contributed by atoms with Crippen molar-refractivity contribution in [1.29, 1.82) is 0 Å². The molecule has 0 heterocycles. The topological polar surface area (TPSA) is 49.5 Å². The molecule has 0 amide bonds. The van der Waals surface area contributed by atoms with Gasteiger partial charge in [0, 0.05) is 23.7 Å². The zero-order chi connectivity index (χ0) is 13.7. The van der Waals surface area contributed by atoms with Gasteiger partial charge < -0.3 is 10.8 Å². The smallest absolute Gasteiger partial charge is 0.0558 e. The van der Waals surface area contributed by atoms with Gasteiger partial charge >= 0.3 is 0 Å². The number of nitrogens with two attached hydrogens (primary N) is 1. The molecule has 1 aromatic rings. The first-order chi connectivity index (χ1) is 8.49. The highest BCUT2D eigenvalue weighted by molar-refractivity contribution is 6.31. The zero-order valence-corrected chi connectivity index (χ0v) is 12.1. The van der Waals surface area contributed by atoms with E-state index in [1.165, 1.54) is 0 Å². The van der Waals surface area contributed by atoms with Crippen LogP contribution in [0.15, 0.2) is 24.3 Å². The summed E-state index contributed by atoms with van der Waals surface area (Å²) < 4.78 is 0. The first-order valence-corrected chi connectivity index (χ1v) is 6.73. The van der Waals surface area contributed by atoms with Crippen LogP contribution in [0.3, 0.4) is 0 Å². The van der Waals surface area contributed by atoms with Gasteiger partial charge in [-0.2, -0.15) is 0 Å². The summed E-state index contributed by atoms with van der Waals surface area (Å²) in [4.78, 5) is 2.19. The van der Waals surface area contributed by atoms with Crippen molar-refractivity contribution in [2.75, 3.05) is 13.2 Å². The van der Waals surface area contributed by atoms with Crippen LogP contribution in [0.5, 0.6) is 0 Å². The predicted octanol–water partition coefficient (Wildman–Crippen LogP) is 2.43. The zero-order valence-electron chi connectivity index (χ0n) is 11.3. The lowest BCUT2D eigenvalue weighted by molar-refractivity contribution is 0.105. The van der Waals surface area contributed by atoms with Crippen molar-refractivity contribution in [1.82, 2.24) is 4.90 Å². The normalized spacial score (nSPS) is 15.1. The Bertz CT molecular complexity index is 369. The Balaban J connectivity index is 3.12. The predicted molar refractivity (Wildman–Crippen MR) is 76.8 cm³/mol. The molecule has 0 aromatic heterocycles. The monoisotopic (exact) mass is 270 g/mol. The molecule has 1 rings (SSSR count). The van der Waals surface area contributed by atoms with Crippen LogP contribution in [0.2, 0.25) is 5.02 Å². The van der Waals surface area contributed by atoms with E-state index in [9.17, 15) is 5.11 Å². The lowest BCUT2D eigenvalue weighted by Crippen LogP contribution is -2.44. The van der Waals surface area contributed by atoms with Gasteiger partial charge in [0.1, 0.15) is 0 Å². The Morgan fingerprint density at radius 3 is 2.33 bits per heavy atom. The average molecular weight is 271 g/mol. The fourth-order valence-electron chi connectivity index (χ4n) is 2.31. The van der Waals surface area contributed by atoms with E-state index < -0.39 is 0 Å². The molecule has 18 heavy (non-hydrogen) atoms. The van der Waals surface area contributed by atoms with Crippen LogP contribution in [0.4, 0.5) is 0 Å². The average Bonchev–Trinajstić information content (AvgIpc) is 2.30. The van der Waals surface area contributed by atoms with E-state index in [0.29, 0.717) is 12.6 Å². The van der Waals surface area contributed by atoms with Crippen molar-refractivity contribution < 1.29 is 5.11 Å². The van der Waals surface area contributed by atoms with Crippen LogP contribution in [-0.2, 0) is 0 Å². The number of hydrogen-bond donors (Lipinski definition) is 2. The van der Waals surface area contributed by atoms with E-state index in [-0.39, 0.29) is 18.7 Å². The second-order valence-electron chi connectivity index (χ2n) is 4.88. The maximum absolute atomic E-state index is 9.22. The number of hydrogen-bond acceptors (Lipinski definition) is 3. The van der Waals surface area contributed by atoms with Crippen molar-refractivity contribution in [2.45, 2.75) is 38.9 Å². The van der Waals surface area contributed by atoms with Crippen LogP contribution in [0, 0.1) is 0 Å². The lowest BCUT2D eigenvalue weighted by atomic mass is 9.97. The Kier molecular flexibility index (Phi) is 6.09. The van der Waals surface area contributed by atoms with Crippen molar-refractivity contribution in [3.63, 3.8) is 0 Å². The van der Waals surface area contributed by atoms with E-state index in [1.807, 2.05) is 31.2 Å². The first kappa shape index (κ1) is 15.4. The first-order valence-electron chi connectivity index (χ1n) is 6.35. The van der Waals surface area contributed by atoms with Crippen molar-refractivity contribution in [3.8, 4) is 0 Å². The van der Waals surface area contributed by atoms with E-state index in [1.54, 1.807) is 0 Å². The summed E-state index contributed by atoms with van der Waals surface area (Å²) in [6, 6.07) is 8.02. The van der Waals surface area contributed by atoms with Crippen LogP contribution < -0.4 is 5.73 Å². The van der Waals surface area contributed by atoms with Gasteiger partial charge in [0.15, 0.2) is 0 Å². The minimum absolute atomic E-state index is 0.0193. The summed E-state index contributed by atoms with van der Waals surface area (Å²) >= 11 is 6.27. The second-order valence-corrected chi connectivity index (χ2v) is 5.29. The highest BCUT2D eigenvalue weighted by Gasteiger charge is 2.27. The lowest BCUT2D eigenvalue weighted by Gasteiger charge is -2.37. The Morgan fingerprint density at radius 2 is 1.89 bits per heavy atom. The van der Waals surface area contributed by atoms with Gasteiger partial charge in [-0.3, -0.25) is 4.90 Å². The summed E-state index contributed by atoms with van der Waals surface area (Å²) in [6.07, 6.45) is 0. The van der Waals surface area contributed by atoms with E-state index in [2.05, 4.69) is 18.7 Å². The number of nitrogens with zero attached hydrogens (tertiary/aromatic N) is 1. The van der Waals surface area contributed by atoms with E-state index in [0.717, 1.165) is 10.6 Å². The minimum Gasteiger partial charge on any atom is -0.395 e. The van der Waals surface area contributed by atoms with Crippen LogP contribution in [0.25, 0.3) is 0 Å². The molecule has 0 aliphatic carbocycles. The van der Waals surface area contributed by atoms with Gasteiger partial charge in [0.25, 0.3) is 0 Å². The van der Waals surface area contributed by atoms with Crippen LogP contribution in [0.1, 0.15) is 32.4 Å². The van der Waals surface area contributed by atoms with Gasteiger partial charge in [0.05, 0.1) is 12.6 Å². The number of aliphatic hydroxyl groups is 1. The molecule has 4 heteroatoms. The van der Waals surface area contributed by atoms with Crippen LogP contribution in [-0.4, -0.2) is 35.2 Å². The van der Waals surface area contributed by atoms with Crippen LogP contribution >= 0.6 is 11.6 Å². The standard InChI is InChI=1S/C14H23ClN2O/c1-10(2)17(8-9-18)14(11(3)16)12-6-4-5-7-13(12)15/h4-7,10-11,14,18H,8-9,16H2,1-3H3. The van der Waals surface area contributed by atoms with Gasteiger partial charge in [-0.1, -0.05) is 29.8 Å². The number of benzene rings is 1. The Labute approximate surface area is 115 Å². The highest BCUT2D eigenvalue weighted by atomic mass is 35.5. The minimum atomic E-state index is -0.0566. The number of halogens is 1. The Morgan fingerprint density at radius 1 is 1.28 bits per heavy atom.